The van der Waals surface area contributed by atoms with Crippen LogP contribution in [0.3, 0.4) is 0 Å². The van der Waals surface area contributed by atoms with Gasteiger partial charge >= 0.3 is 5.97 Å². The maximum atomic E-state index is 13.1. The summed E-state index contributed by atoms with van der Waals surface area (Å²) in [7, 11) is 0. The normalized spacial score (nSPS) is 14.3. The van der Waals surface area contributed by atoms with Crippen molar-refractivity contribution >= 4 is 11.9 Å². The van der Waals surface area contributed by atoms with Gasteiger partial charge in [0.05, 0.1) is 25.2 Å². The minimum atomic E-state index is -0.825. The van der Waals surface area contributed by atoms with Gasteiger partial charge in [0, 0.05) is 6.42 Å². The van der Waals surface area contributed by atoms with Crippen LogP contribution in [0.1, 0.15) is 175 Å². The smallest absolute Gasteiger partial charge is 0.306 e. The lowest BCUT2D eigenvalue weighted by atomic mass is 10.0. The maximum absolute atomic E-state index is 13.1. The highest BCUT2D eigenvalue weighted by Crippen LogP contribution is 2.14. The van der Waals surface area contributed by atoms with Crippen LogP contribution in [0.4, 0.5) is 0 Å². The van der Waals surface area contributed by atoms with Gasteiger partial charge in [0.15, 0.2) is 0 Å². The number of amides is 1. The zero-order valence-corrected chi connectivity index (χ0v) is 35.3. The monoisotopic (exact) mass is 764 g/mol. The first kappa shape index (κ1) is 51.8. The zero-order chi connectivity index (χ0) is 40.3. The number of carbonyl (C=O) groups excluding carboxylic acids is 2. The van der Waals surface area contributed by atoms with Gasteiger partial charge in [-0.25, -0.2) is 0 Å². The van der Waals surface area contributed by atoms with Crippen molar-refractivity contribution < 1.29 is 24.5 Å². The van der Waals surface area contributed by atoms with Crippen molar-refractivity contribution in [3.63, 3.8) is 0 Å². The maximum Gasteiger partial charge on any atom is 0.306 e. The average Bonchev–Trinajstić information content (AvgIpc) is 3.18. The minimum absolute atomic E-state index is 0.0602. The molecule has 3 unspecified atom stereocenters. The standard InChI is InChI=1S/C49H81NO5/c1-4-7-10-13-16-19-21-23-25-26-29-31-34-37-40-45(55-49(54)42-39-36-33-30-27-24-22-20-17-14-11-8-5-2)43-48(53)50-46(44-51)47(52)41-38-35-32-28-18-15-12-9-6-3/h7-8,10-11,14,16-17,19-20,22-23,25,29,31,37,40,45-47,51-52H,4-6,9,12-13,15,18,21,24,26-28,30,32-36,38-39,41-44H2,1-3H3,(H,50,53)/b10-7+,11-8+,17-14+,19-16+,22-20-,25-23+,31-29+,40-37+. The van der Waals surface area contributed by atoms with E-state index in [1.54, 1.807) is 6.08 Å². The molecule has 0 spiro atoms. The molecule has 0 aliphatic rings. The number of aliphatic hydroxyl groups is 2. The number of esters is 1. The number of hydrogen-bond donors (Lipinski definition) is 3. The fourth-order valence-electron chi connectivity index (χ4n) is 5.92. The van der Waals surface area contributed by atoms with Crippen LogP contribution in [0, 0.1) is 0 Å². The Labute approximate surface area is 337 Å². The molecule has 3 N–H and O–H groups in total. The molecule has 0 aliphatic carbocycles. The van der Waals surface area contributed by atoms with Crippen molar-refractivity contribution in [1.29, 1.82) is 0 Å². The fourth-order valence-corrected chi connectivity index (χ4v) is 5.92. The molecule has 0 radical (unpaired) electrons. The first-order valence-electron chi connectivity index (χ1n) is 22.0. The van der Waals surface area contributed by atoms with Crippen molar-refractivity contribution in [3.8, 4) is 0 Å². The molecular weight excluding hydrogens is 683 g/mol. The van der Waals surface area contributed by atoms with Gasteiger partial charge in [0.25, 0.3) is 0 Å². The van der Waals surface area contributed by atoms with E-state index >= 15 is 0 Å². The summed E-state index contributed by atoms with van der Waals surface area (Å²) in [5.41, 5.74) is 0. The lowest BCUT2D eigenvalue weighted by Crippen LogP contribution is -2.46. The number of aliphatic hydroxyl groups excluding tert-OH is 2. The second kappa shape index (κ2) is 41.9. The molecule has 1 amide bonds. The van der Waals surface area contributed by atoms with Crippen molar-refractivity contribution in [1.82, 2.24) is 5.32 Å². The Morgan fingerprint density at radius 3 is 1.67 bits per heavy atom. The Bertz CT molecular complexity index is 1130. The van der Waals surface area contributed by atoms with Gasteiger partial charge in [-0.05, 0) is 70.3 Å². The van der Waals surface area contributed by atoms with Gasteiger partial charge in [0.1, 0.15) is 6.10 Å². The van der Waals surface area contributed by atoms with Gasteiger partial charge in [-0.3, -0.25) is 9.59 Å². The molecule has 0 saturated carbocycles. The van der Waals surface area contributed by atoms with E-state index in [1.807, 2.05) is 12.2 Å². The lowest BCUT2D eigenvalue weighted by Gasteiger charge is -2.23. The molecule has 0 fully saturated rings. The predicted octanol–water partition coefficient (Wildman–Crippen LogP) is 12.6. The third-order valence-electron chi connectivity index (χ3n) is 9.22. The van der Waals surface area contributed by atoms with Crippen molar-refractivity contribution in [3.05, 3.63) is 97.2 Å². The predicted molar refractivity (Wildman–Crippen MR) is 236 cm³/mol. The van der Waals surface area contributed by atoms with Crippen LogP contribution in [-0.4, -0.2) is 46.9 Å². The van der Waals surface area contributed by atoms with E-state index in [2.05, 4.69) is 105 Å². The molecule has 312 valence electrons. The van der Waals surface area contributed by atoms with Crippen molar-refractivity contribution in [2.45, 2.75) is 193 Å². The first-order chi connectivity index (χ1) is 27.0. The summed E-state index contributed by atoms with van der Waals surface area (Å²) in [6.07, 6.45) is 55.0. The largest absolute Gasteiger partial charge is 0.458 e. The van der Waals surface area contributed by atoms with Gasteiger partial charge in [-0.15, -0.1) is 0 Å². The molecular formula is C49H81NO5. The van der Waals surface area contributed by atoms with E-state index < -0.39 is 18.2 Å². The second-order valence-electron chi connectivity index (χ2n) is 14.4. The van der Waals surface area contributed by atoms with Crippen LogP contribution in [0.15, 0.2) is 97.2 Å². The number of carbonyl (C=O) groups is 2. The molecule has 0 rings (SSSR count). The average molecular weight is 764 g/mol. The number of unbranched alkanes of at least 4 members (excludes halogenated alkanes) is 13. The first-order valence-corrected chi connectivity index (χ1v) is 22.0. The summed E-state index contributed by atoms with van der Waals surface area (Å²) in [5.74, 6) is -0.666. The van der Waals surface area contributed by atoms with Gasteiger partial charge in [-0.1, -0.05) is 189 Å². The van der Waals surface area contributed by atoms with Gasteiger partial charge < -0.3 is 20.3 Å². The quantitative estimate of drug-likeness (QED) is 0.0253. The van der Waals surface area contributed by atoms with Crippen LogP contribution in [-0.2, 0) is 14.3 Å². The van der Waals surface area contributed by atoms with Crippen LogP contribution < -0.4 is 5.32 Å². The molecule has 6 nitrogen and oxygen atoms in total. The third kappa shape index (κ3) is 37.5. The summed E-state index contributed by atoms with van der Waals surface area (Å²) in [4.78, 5) is 25.9. The number of allylic oxidation sites excluding steroid dienone is 15. The Morgan fingerprint density at radius 1 is 0.582 bits per heavy atom. The van der Waals surface area contributed by atoms with Crippen molar-refractivity contribution in [2.24, 2.45) is 0 Å². The molecule has 0 aromatic heterocycles. The number of rotatable bonds is 37. The van der Waals surface area contributed by atoms with E-state index in [1.165, 1.54) is 38.5 Å². The molecule has 0 heterocycles. The highest BCUT2D eigenvalue weighted by molar-refractivity contribution is 5.78. The third-order valence-corrected chi connectivity index (χ3v) is 9.22. The van der Waals surface area contributed by atoms with Crippen molar-refractivity contribution in [2.75, 3.05) is 6.61 Å². The van der Waals surface area contributed by atoms with Crippen LogP contribution in [0.5, 0.6) is 0 Å². The summed E-state index contributed by atoms with van der Waals surface area (Å²) in [5, 5.41) is 23.5. The molecule has 6 heteroatoms. The Balaban J connectivity index is 4.86. The van der Waals surface area contributed by atoms with E-state index in [0.717, 1.165) is 89.9 Å². The Morgan fingerprint density at radius 2 is 1.09 bits per heavy atom. The highest BCUT2D eigenvalue weighted by atomic mass is 16.5. The Hall–Kier alpha value is -3.22. The second-order valence-corrected chi connectivity index (χ2v) is 14.4. The van der Waals surface area contributed by atoms with Gasteiger partial charge in [0.2, 0.25) is 5.91 Å². The van der Waals surface area contributed by atoms with E-state index in [-0.39, 0.29) is 24.9 Å². The molecule has 0 aliphatic heterocycles. The molecule has 0 saturated heterocycles. The number of nitrogens with one attached hydrogen (secondary N) is 1. The number of hydrogen-bond acceptors (Lipinski definition) is 5. The topological polar surface area (TPSA) is 95.9 Å². The molecule has 3 atom stereocenters. The zero-order valence-electron chi connectivity index (χ0n) is 35.3. The minimum Gasteiger partial charge on any atom is -0.458 e. The summed E-state index contributed by atoms with van der Waals surface area (Å²) >= 11 is 0. The van der Waals surface area contributed by atoms with E-state index in [0.29, 0.717) is 19.3 Å². The molecule has 0 bridgehead atoms. The molecule has 0 aromatic carbocycles. The van der Waals surface area contributed by atoms with E-state index in [9.17, 15) is 19.8 Å². The highest BCUT2D eigenvalue weighted by Gasteiger charge is 2.23. The summed E-state index contributed by atoms with van der Waals surface area (Å²) in [6, 6.07) is -0.749. The molecule has 55 heavy (non-hydrogen) atoms. The van der Waals surface area contributed by atoms with Crippen LogP contribution >= 0.6 is 0 Å². The van der Waals surface area contributed by atoms with Crippen LogP contribution in [0.25, 0.3) is 0 Å². The fraction of sp³-hybridized carbons (Fsp3) is 0.633. The molecule has 0 aromatic rings. The van der Waals surface area contributed by atoms with Crippen LogP contribution in [0.2, 0.25) is 0 Å². The number of ether oxygens (including phenoxy) is 1. The summed E-state index contributed by atoms with van der Waals surface area (Å²) < 4.78 is 5.77. The lowest BCUT2D eigenvalue weighted by molar-refractivity contribution is -0.148. The SMILES string of the molecule is CC/C=C/C=C/C=C\CCCCCCCC(=O)OC(/C=C/C/C=C/C/C=C/C/C=C/C/C=C/CC)CC(=O)NC(CO)C(O)CCCCCCCCCCC. The summed E-state index contributed by atoms with van der Waals surface area (Å²) in [6.45, 7) is 6.14. The van der Waals surface area contributed by atoms with E-state index in [4.69, 9.17) is 4.74 Å². The van der Waals surface area contributed by atoms with Gasteiger partial charge in [-0.2, -0.15) is 0 Å². The Kier molecular flexibility index (Phi) is 39.5.